The smallest absolute Gasteiger partial charge is 0.257 e. The van der Waals surface area contributed by atoms with Crippen LogP contribution in [0.2, 0.25) is 0 Å². The number of rotatable bonds is 5. The first kappa shape index (κ1) is 15.1. The van der Waals surface area contributed by atoms with Crippen molar-refractivity contribution < 1.29 is 14.3 Å². The third kappa shape index (κ3) is 3.69. The van der Waals surface area contributed by atoms with E-state index in [2.05, 4.69) is 10.6 Å². The summed E-state index contributed by atoms with van der Waals surface area (Å²) in [6.07, 6.45) is 1.84. The summed E-state index contributed by atoms with van der Waals surface area (Å²) < 4.78 is 5.14. The van der Waals surface area contributed by atoms with Gasteiger partial charge in [-0.15, -0.1) is 0 Å². The van der Waals surface area contributed by atoms with Gasteiger partial charge in [-0.1, -0.05) is 18.2 Å². The van der Waals surface area contributed by atoms with E-state index in [0.29, 0.717) is 22.7 Å². The van der Waals surface area contributed by atoms with Crippen molar-refractivity contribution >= 4 is 23.2 Å². The van der Waals surface area contributed by atoms with E-state index in [1.165, 1.54) is 0 Å². The van der Waals surface area contributed by atoms with Crippen molar-refractivity contribution in [2.24, 2.45) is 5.92 Å². The van der Waals surface area contributed by atoms with E-state index in [4.69, 9.17) is 4.74 Å². The zero-order valence-electron chi connectivity index (χ0n) is 12.8. The Hall–Kier alpha value is -2.82. The molecule has 0 saturated heterocycles. The zero-order valence-corrected chi connectivity index (χ0v) is 12.8. The fourth-order valence-electron chi connectivity index (χ4n) is 2.27. The molecule has 2 aromatic carbocycles. The molecule has 1 aliphatic carbocycles. The third-order valence-corrected chi connectivity index (χ3v) is 3.71. The lowest BCUT2D eigenvalue weighted by Crippen LogP contribution is -2.19. The van der Waals surface area contributed by atoms with Gasteiger partial charge in [-0.2, -0.15) is 0 Å². The summed E-state index contributed by atoms with van der Waals surface area (Å²) in [6, 6.07) is 14.1. The summed E-state index contributed by atoms with van der Waals surface area (Å²) in [7, 11) is 1.57. The van der Waals surface area contributed by atoms with Gasteiger partial charge in [0.1, 0.15) is 5.75 Å². The number of benzene rings is 2. The monoisotopic (exact) mass is 310 g/mol. The number of amides is 2. The molecule has 2 N–H and O–H groups in total. The second-order valence-corrected chi connectivity index (χ2v) is 5.50. The molecule has 0 aromatic heterocycles. The van der Waals surface area contributed by atoms with E-state index < -0.39 is 0 Å². The van der Waals surface area contributed by atoms with E-state index >= 15 is 0 Å². The van der Waals surface area contributed by atoms with Gasteiger partial charge in [-0.25, -0.2) is 0 Å². The Morgan fingerprint density at radius 2 is 1.83 bits per heavy atom. The molecule has 23 heavy (non-hydrogen) atoms. The highest BCUT2D eigenvalue weighted by Gasteiger charge is 2.30. The quantitative estimate of drug-likeness (QED) is 0.890. The highest BCUT2D eigenvalue weighted by Crippen LogP contribution is 2.30. The van der Waals surface area contributed by atoms with E-state index in [1.807, 2.05) is 0 Å². The standard InChI is InChI=1S/C18H18N2O3/c1-23-14-6-4-5-13(11-14)19-18(22)15-7-2-3-8-16(15)20-17(21)12-9-10-12/h2-8,11-12H,9-10H2,1H3,(H,19,22)(H,20,21). The maximum atomic E-state index is 12.5. The molecule has 2 aromatic rings. The normalized spacial score (nSPS) is 13.3. The maximum Gasteiger partial charge on any atom is 0.257 e. The minimum absolute atomic E-state index is 0.0216. The Bertz CT molecular complexity index is 739. The third-order valence-electron chi connectivity index (χ3n) is 3.71. The van der Waals surface area contributed by atoms with Gasteiger partial charge in [0.15, 0.2) is 0 Å². The Labute approximate surface area is 134 Å². The number of hydrogen-bond acceptors (Lipinski definition) is 3. The number of ether oxygens (including phenoxy) is 1. The predicted molar refractivity (Wildman–Crippen MR) is 88.7 cm³/mol. The molecule has 0 unspecified atom stereocenters. The minimum atomic E-state index is -0.273. The van der Waals surface area contributed by atoms with Crippen LogP contribution in [0.3, 0.4) is 0 Å². The van der Waals surface area contributed by atoms with E-state index in [9.17, 15) is 9.59 Å². The van der Waals surface area contributed by atoms with Crippen LogP contribution in [0.25, 0.3) is 0 Å². The number of carbonyl (C=O) groups excluding carboxylic acids is 2. The summed E-state index contributed by atoms with van der Waals surface area (Å²) in [6.45, 7) is 0. The number of para-hydroxylation sites is 1. The molecule has 118 valence electrons. The second kappa shape index (κ2) is 6.52. The van der Waals surface area contributed by atoms with Gasteiger partial charge in [0.2, 0.25) is 5.91 Å². The molecule has 0 atom stereocenters. The van der Waals surface area contributed by atoms with Crippen molar-refractivity contribution in [3.63, 3.8) is 0 Å². The fraction of sp³-hybridized carbons (Fsp3) is 0.222. The second-order valence-electron chi connectivity index (χ2n) is 5.50. The van der Waals surface area contributed by atoms with Crippen LogP contribution in [0.15, 0.2) is 48.5 Å². The number of hydrogen-bond donors (Lipinski definition) is 2. The summed E-state index contributed by atoms with van der Waals surface area (Å²) in [5, 5.41) is 5.66. The highest BCUT2D eigenvalue weighted by atomic mass is 16.5. The van der Waals surface area contributed by atoms with Gasteiger partial charge in [-0.05, 0) is 37.1 Å². The first-order valence-corrected chi connectivity index (χ1v) is 7.52. The van der Waals surface area contributed by atoms with Crippen molar-refractivity contribution in [1.29, 1.82) is 0 Å². The van der Waals surface area contributed by atoms with Crippen LogP contribution >= 0.6 is 0 Å². The molecule has 3 rings (SSSR count). The highest BCUT2D eigenvalue weighted by molar-refractivity contribution is 6.10. The molecular formula is C18H18N2O3. The molecule has 1 saturated carbocycles. The van der Waals surface area contributed by atoms with Crippen molar-refractivity contribution in [2.75, 3.05) is 17.7 Å². The molecule has 0 radical (unpaired) electrons. The molecule has 5 heteroatoms. The number of nitrogens with one attached hydrogen (secondary N) is 2. The number of carbonyl (C=O) groups is 2. The average molecular weight is 310 g/mol. The van der Waals surface area contributed by atoms with E-state index in [1.54, 1.807) is 55.6 Å². The van der Waals surface area contributed by atoms with Crippen LogP contribution in [0.1, 0.15) is 23.2 Å². The SMILES string of the molecule is COc1cccc(NC(=O)c2ccccc2NC(=O)C2CC2)c1. The molecule has 2 amide bonds. The van der Waals surface area contributed by atoms with Crippen molar-refractivity contribution in [3.8, 4) is 5.75 Å². The van der Waals surface area contributed by atoms with Crippen LogP contribution in [-0.4, -0.2) is 18.9 Å². The predicted octanol–water partition coefficient (Wildman–Crippen LogP) is 3.30. The van der Waals surface area contributed by atoms with Crippen LogP contribution in [-0.2, 0) is 4.79 Å². The number of anilines is 2. The summed E-state index contributed by atoms with van der Waals surface area (Å²) >= 11 is 0. The average Bonchev–Trinajstić information content (AvgIpc) is 3.40. The first-order valence-electron chi connectivity index (χ1n) is 7.52. The molecule has 0 spiro atoms. The molecule has 1 aliphatic rings. The van der Waals surface area contributed by atoms with Gasteiger partial charge in [0.25, 0.3) is 5.91 Å². The zero-order chi connectivity index (χ0) is 16.2. The maximum absolute atomic E-state index is 12.5. The van der Waals surface area contributed by atoms with Gasteiger partial charge in [-0.3, -0.25) is 9.59 Å². The molecular weight excluding hydrogens is 292 g/mol. The van der Waals surface area contributed by atoms with Crippen LogP contribution in [0.4, 0.5) is 11.4 Å². The van der Waals surface area contributed by atoms with Crippen LogP contribution in [0, 0.1) is 5.92 Å². The molecule has 1 fully saturated rings. The van der Waals surface area contributed by atoms with Crippen molar-refractivity contribution in [3.05, 3.63) is 54.1 Å². The minimum Gasteiger partial charge on any atom is -0.497 e. The van der Waals surface area contributed by atoms with Gasteiger partial charge in [0.05, 0.1) is 18.4 Å². The largest absolute Gasteiger partial charge is 0.497 e. The van der Waals surface area contributed by atoms with Crippen molar-refractivity contribution in [1.82, 2.24) is 0 Å². The lowest BCUT2D eigenvalue weighted by Gasteiger charge is -2.11. The molecule has 0 aliphatic heterocycles. The topological polar surface area (TPSA) is 67.4 Å². The Morgan fingerprint density at radius 1 is 1.04 bits per heavy atom. The molecule has 5 nitrogen and oxygen atoms in total. The first-order chi connectivity index (χ1) is 11.2. The lowest BCUT2D eigenvalue weighted by molar-refractivity contribution is -0.117. The van der Waals surface area contributed by atoms with Crippen LogP contribution < -0.4 is 15.4 Å². The Balaban J connectivity index is 1.77. The van der Waals surface area contributed by atoms with Gasteiger partial charge in [0, 0.05) is 17.7 Å². The van der Waals surface area contributed by atoms with Crippen LogP contribution in [0.5, 0.6) is 5.75 Å². The molecule has 0 heterocycles. The van der Waals surface area contributed by atoms with E-state index in [-0.39, 0.29) is 17.7 Å². The summed E-state index contributed by atoms with van der Waals surface area (Å²) in [4.78, 5) is 24.4. The fourth-order valence-corrected chi connectivity index (χ4v) is 2.27. The summed E-state index contributed by atoms with van der Waals surface area (Å²) in [5.74, 6) is 0.458. The molecule has 0 bridgehead atoms. The Kier molecular flexibility index (Phi) is 4.28. The summed E-state index contributed by atoms with van der Waals surface area (Å²) in [5.41, 5.74) is 1.60. The van der Waals surface area contributed by atoms with Gasteiger partial charge < -0.3 is 15.4 Å². The lowest BCUT2D eigenvalue weighted by atomic mass is 10.1. The number of methoxy groups -OCH3 is 1. The Morgan fingerprint density at radius 3 is 2.57 bits per heavy atom. The van der Waals surface area contributed by atoms with E-state index in [0.717, 1.165) is 12.8 Å². The van der Waals surface area contributed by atoms with Gasteiger partial charge >= 0.3 is 0 Å². The van der Waals surface area contributed by atoms with Crippen molar-refractivity contribution in [2.45, 2.75) is 12.8 Å².